The van der Waals surface area contributed by atoms with Gasteiger partial charge >= 0.3 is 0 Å². The van der Waals surface area contributed by atoms with E-state index in [1.807, 2.05) is 19.9 Å². The second-order valence-corrected chi connectivity index (χ2v) is 8.31. The molecule has 2 aromatic heterocycles. The van der Waals surface area contributed by atoms with Gasteiger partial charge in [0.25, 0.3) is 5.91 Å². The number of nitrogens with one attached hydrogen (secondary N) is 1. The van der Waals surface area contributed by atoms with E-state index < -0.39 is 0 Å². The van der Waals surface area contributed by atoms with Crippen LogP contribution in [0.5, 0.6) is 0 Å². The topological polar surface area (TPSA) is 54.7 Å². The molecule has 1 amide bonds. The molecule has 3 heterocycles. The first-order valence-electron chi connectivity index (χ1n) is 9.69. The highest BCUT2D eigenvalue weighted by molar-refractivity contribution is 7.10. The summed E-state index contributed by atoms with van der Waals surface area (Å²) in [5.74, 6) is 0.260. The molecule has 4 rings (SSSR count). The van der Waals surface area contributed by atoms with Crippen LogP contribution in [0.25, 0.3) is 11.0 Å². The minimum atomic E-state index is -0.152. The molecule has 0 spiro atoms. The second kappa shape index (κ2) is 8.07. The number of hydrogen-bond donors (Lipinski definition) is 1. The van der Waals surface area contributed by atoms with Gasteiger partial charge in [0.1, 0.15) is 5.58 Å². The van der Waals surface area contributed by atoms with Crippen molar-refractivity contribution in [2.24, 2.45) is 0 Å². The van der Waals surface area contributed by atoms with Crippen LogP contribution in [0.3, 0.4) is 0 Å². The molecular formula is C22H26N2O3S. The van der Waals surface area contributed by atoms with Gasteiger partial charge in [-0.05, 0) is 43.3 Å². The van der Waals surface area contributed by atoms with Gasteiger partial charge in [-0.25, -0.2) is 0 Å². The Morgan fingerprint density at radius 1 is 1.18 bits per heavy atom. The zero-order valence-corrected chi connectivity index (χ0v) is 17.4. The van der Waals surface area contributed by atoms with Crippen LogP contribution in [0.15, 0.2) is 34.1 Å². The minimum absolute atomic E-state index is 0.152. The van der Waals surface area contributed by atoms with Crippen LogP contribution in [0, 0.1) is 20.8 Å². The molecule has 5 nitrogen and oxygen atoms in total. The fraction of sp³-hybridized carbons (Fsp3) is 0.409. The third-order valence-corrected chi connectivity index (χ3v) is 6.62. The van der Waals surface area contributed by atoms with Gasteiger partial charge in [0.05, 0.1) is 19.3 Å². The van der Waals surface area contributed by atoms with Crippen LogP contribution in [0.1, 0.15) is 38.2 Å². The Kier molecular flexibility index (Phi) is 5.53. The first-order chi connectivity index (χ1) is 13.6. The summed E-state index contributed by atoms with van der Waals surface area (Å²) in [5, 5.41) is 6.20. The summed E-state index contributed by atoms with van der Waals surface area (Å²) in [6.07, 6.45) is 0. The largest absolute Gasteiger partial charge is 0.450 e. The van der Waals surface area contributed by atoms with Gasteiger partial charge in [0, 0.05) is 35.5 Å². The molecule has 148 valence electrons. The van der Waals surface area contributed by atoms with E-state index in [0.717, 1.165) is 48.4 Å². The molecule has 1 unspecified atom stereocenters. The summed E-state index contributed by atoms with van der Waals surface area (Å²) in [6, 6.07) is 8.46. The van der Waals surface area contributed by atoms with Crippen LogP contribution < -0.4 is 5.32 Å². The van der Waals surface area contributed by atoms with Crippen molar-refractivity contribution >= 4 is 28.2 Å². The van der Waals surface area contributed by atoms with Crippen LogP contribution in [0.4, 0.5) is 0 Å². The van der Waals surface area contributed by atoms with Crippen molar-refractivity contribution in [2.75, 3.05) is 32.8 Å². The molecule has 3 aromatic rings. The average molecular weight is 399 g/mol. The molecule has 28 heavy (non-hydrogen) atoms. The monoisotopic (exact) mass is 398 g/mol. The van der Waals surface area contributed by atoms with Crippen molar-refractivity contribution in [3.8, 4) is 0 Å². The fourth-order valence-electron chi connectivity index (χ4n) is 3.78. The number of furan rings is 1. The first-order valence-corrected chi connectivity index (χ1v) is 10.6. The van der Waals surface area contributed by atoms with Crippen molar-refractivity contribution in [3.63, 3.8) is 0 Å². The predicted molar refractivity (Wildman–Crippen MR) is 112 cm³/mol. The Bertz CT molecular complexity index is 971. The van der Waals surface area contributed by atoms with E-state index in [9.17, 15) is 4.79 Å². The maximum Gasteiger partial charge on any atom is 0.287 e. The summed E-state index contributed by atoms with van der Waals surface area (Å²) in [6.45, 7) is 9.81. The molecule has 1 aromatic carbocycles. The summed E-state index contributed by atoms with van der Waals surface area (Å²) >= 11 is 1.73. The highest BCUT2D eigenvalue weighted by Crippen LogP contribution is 2.30. The molecule has 0 aliphatic carbocycles. The standard InChI is InChI=1S/C22H26N2O3S/c1-14-6-7-17-16(3)21(27-20(17)15(14)2)22(25)23-13-18(19-5-4-12-28-19)24-8-10-26-11-9-24/h4-7,12,18H,8-11,13H2,1-3H3,(H,23,25). The molecule has 0 bridgehead atoms. The van der Waals surface area contributed by atoms with E-state index in [-0.39, 0.29) is 11.9 Å². The lowest BCUT2D eigenvalue weighted by molar-refractivity contribution is 0.0168. The Hall–Kier alpha value is -2.15. The van der Waals surface area contributed by atoms with E-state index in [1.165, 1.54) is 10.4 Å². The number of aryl methyl sites for hydroxylation is 3. The molecule has 1 aliphatic heterocycles. The number of fused-ring (bicyclic) bond motifs is 1. The van der Waals surface area contributed by atoms with Crippen molar-refractivity contribution < 1.29 is 13.9 Å². The first kappa shape index (κ1) is 19.2. The minimum Gasteiger partial charge on any atom is -0.450 e. The number of carbonyl (C=O) groups is 1. The van der Waals surface area contributed by atoms with Gasteiger partial charge in [-0.2, -0.15) is 0 Å². The Morgan fingerprint density at radius 2 is 1.96 bits per heavy atom. The van der Waals surface area contributed by atoms with Gasteiger partial charge in [0.2, 0.25) is 0 Å². The van der Waals surface area contributed by atoms with Crippen molar-refractivity contribution in [1.82, 2.24) is 10.2 Å². The molecule has 1 fully saturated rings. The van der Waals surface area contributed by atoms with Crippen molar-refractivity contribution in [2.45, 2.75) is 26.8 Å². The normalized spacial score (nSPS) is 16.4. The van der Waals surface area contributed by atoms with Gasteiger partial charge in [-0.15, -0.1) is 11.3 Å². The number of amides is 1. The molecule has 1 atom stereocenters. The highest BCUT2D eigenvalue weighted by Gasteiger charge is 2.25. The number of morpholine rings is 1. The van der Waals surface area contributed by atoms with E-state index in [0.29, 0.717) is 12.3 Å². The summed E-state index contributed by atoms with van der Waals surface area (Å²) in [7, 11) is 0. The second-order valence-electron chi connectivity index (χ2n) is 7.33. The van der Waals surface area contributed by atoms with Gasteiger partial charge in [-0.3, -0.25) is 9.69 Å². The lowest BCUT2D eigenvalue weighted by Gasteiger charge is -2.34. The SMILES string of the molecule is Cc1ccc2c(C)c(C(=O)NCC(c3cccs3)N3CCOCC3)oc2c1C. The molecule has 6 heteroatoms. The maximum absolute atomic E-state index is 12.9. The molecule has 1 aliphatic rings. The summed E-state index contributed by atoms with van der Waals surface area (Å²) in [4.78, 5) is 16.6. The van der Waals surface area contributed by atoms with E-state index in [4.69, 9.17) is 9.15 Å². The third kappa shape index (κ3) is 3.60. The predicted octanol–water partition coefficient (Wildman–Crippen LogP) is 4.22. The van der Waals surface area contributed by atoms with E-state index in [2.05, 4.69) is 40.7 Å². The smallest absolute Gasteiger partial charge is 0.287 e. The lowest BCUT2D eigenvalue weighted by atomic mass is 10.0. The van der Waals surface area contributed by atoms with Crippen LogP contribution >= 0.6 is 11.3 Å². The number of carbonyl (C=O) groups excluding carboxylic acids is 1. The molecule has 1 saturated heterocycles. The van der Waals surface area contributed by atoms with Gasteiger partial charge < -0.3 is 14.5 Å². The van der Waals surface area contributed by atoms with Crippen molar-refractivity contribution in [3.05, 3.63) is 57.0 Å². The van der Waals surface area contributed by atoms with E-state index >= 15 is 0 Å². The van der Waals surface area contributed by atoms with Gasteiger partial charge in [0.15, 0.2) is 5.76 Å². The van der Waals surface area contributed by atoms with Crippen LogP contribution in [-0.2, 0) is 4.74 Å². The third-order valence-electron chi connectivity index (χ3n) is 5.65. The Labute approximate surface area is 169 Å². The fourth-order valence-corrected chi connectivity index (χ4v) is 4.64. The maximum atomic E-state index is 12.9. The highest BCUT2D eigenvalue weighted by atomic mass is 32.1. The molecule has 0 saturated carbocycles. The van der Waals surface area contributed by atoms with Crippen molar-refractivity contribution in [1.29, 1.82) is 0 Å². The quantitative estimate of drug-likeness (QED) is 0.699. The number of ether oxygens (including phenoxy) is 1. The number of benzene rings is 1. The molecule has 1 N–H and O–H groups in total. The van der Waals surface area contributed by atoms with Crippen LogP contribution in [-0.4, -0.2) is 43.7 Å². The molecular weight excluding hydrogens is 372 g/mol. The molecule has 0 radical (unpaired) electrons. The summed E-state index contributed by atoms with van der Waals surface area (Å²) < 4.78 is 11.5. The number of nitrogens with zero attached hydrogens (tertiary/aromatic N) is 1. The number of rotatable bonds is 5. The number of thiophene rings is 1. The lowest BCUT2D eigenvalue weighted by Crippen LogP contribution is -2.43. The van der Waals surface area contributed by atoms with E-state index in [1.54, 1.807) is 11.3 Å². The Morgan fingerprint density at radius 3 is 2.68 bits per heavy atom. The zero-order valence-electron chi connectivity index (χ0n) is 16.6. The zero-order chi connectivity index (χ0) is 19.7. The Balaban J connectivity index is 1.55. The number of hydrogen-bond acceptors (Lipinski definition) is 5. The van der Waals surface area contributed by atoms with Crippen LogP contribution in [0.2, 0.25) is 0 Å². The van der Waals surface area contributed by atoms with Gasteiger partial charge in [-0.1, -0.05) is 18.2 Å². The average Bonchev–Trinajstić information content (AvgIpc) is 3.35. The summed E-state index contributed by atoms with van der Waals surface area (Å²) in [5.41, 5.74) is 3.96.